The minimum absolute atomic E-state index is 0.140. The highest BCUT2D eigenvalue weighted by Gasteiger charge is 2.17. The van der Waals surface area contributed by atoms with Gasteiger partial charge in [-0.25, -0.2) is 0 Å². The molecular formula is C12H17N3O4. The highest BCUT2D eigenvalue weighted by molar-refractivity contribution is 5.95. The average Bonchev–Trinajstić information content (AvgIpc) is 2.38. The number of nitrogens with two attached hydrogens (primary N) is 1. The molecule has 0 radical (unpaired) electrons. The third kappa shape index (κ3) is 3.92. The predicted molar refractivity (Wildman–Crippen MR) is 71.2 cm³/mol. The van der Waals surface area contributed by atoms with Crippen LogP contribution in [0.2, 0.25) is 0 Å². The Balaban J connectivity index is 2.88. The zero-order valence-corrected chi connectivity index (χ0v) is 10.9. The number of methoxy groups -OCH3 is 1. The molecular weight excluding hydrogens is 250 g/mol. The van der Waals surface area contributed by atoms with Gasteiger partial charge in [0.05, 0.1) is 18.1 Å². The van der Waals surface area contributed by atoms with Gasteiger partial charge in [-0.05, 0) is 18.6 Å². The molecule has 7 heteroatoms. The number of hydrogen-bond acceptors (Lipinski definition) is 5. The summed E-state index contributed by atoms with van der Waals surface area (Å²) >= 11 is 0. The van der Waals surface area contributed by atoms with Gasteiger partial charge in [-0.1, -0.05) is 13.3 Å². The van der Waals surface area contributed by atoms with Crippen LogP contribution in [0.5, 0.6) is 5.75 Å². The van der Waals surface area contributed by atoms with Crippen molar-refractivity contribution < 1.29 is 14.5 Å². The summed E-state index contributed by atoms with van der Waals surface area (Å²) in [5.74, 6) is -0.220. The fraction of sp³-hybridized carbons (Fsp3) is 0.417. The van der Waals surface area contributed by atoms with E-state index in [1.165, 1.54) is 25.3 Å². The van der Waals surface area contributed by atoms with Crippen LogP contribution in [0.25, 0.3) is 0 Å². The Kier molecular flexibility index (Phi) is 5.25. The Morgan fingerprint density at radius 2 is 2.26 bits per heavy atom. The maximum atomic E-state index is 11.7. The second-order valence-corrected chi connectivity index (χ2v) is 4.03. The van der Waals surface area contributed by atoms with Crippen LogP contribution in [-0.4, -0.2) is 24.0 Å². The highest BCUT2D eigenvalue weighted by Crippen LogP contribution is 2.29. The van der Waals surface area contributed by atoms with Gasteiger partial charge < -0.3 is 15.8 Å². The van der Waals surface area contributed by atoms with Crippen LogP contribution >= 0.6 is 0 Å². The molecule has 1 aromatic rings. The molecule has 0 aliphatic rings. The summed E-state index contributed by atoms with van der Waals surface area (Å²) in [4.78, 5) is 22.0. The molecule has 3 N–H and O–H groups in total. The minimum Gasteiger partial charge on any atom is -0.490 e. The third-order valence-corrected chi connectivity index (χ3v) is 2.58. The van der Waals surface area contributed by atoms with Crippen LogP contribution in [0.4, 0.5) is 11.4 Å². The number of ether oxygens (including phenoxy) is 1. The average molecular weight is 267 g/mol. The smallest absolute Gasteiger partial charge is 0.312 e. The number of carbonyl (C=O) groups is 1. The summed E-state index contributed by atoms with van der Waals surface area (Å²) in [7, 11) is 1.34. The Bertz CT molecular complexity index is 476. The molecule has 0 bridgehead atoms. The van der Waals surface area contributed by atoms with Gasteiger partial charge in [0.25, 0.3) is 0 Å². The lowest BCUT2D eigenvalue weighted by molar-refractivity contribution is -0.385. The summed E-state index contributed by atoms with van der Waals surface area (Å²) in [6.45, 7) is 1.92. The fourth-order valence-corrected chi connectivity index (χ4v) is 1.59. The van der Waals surface area contributed by atoms with Crippen LogP contribution in [0.1, 0.15) is 19.8 Å². The van der Waals surface area contributed by atoms with Crippen molar-refractivity contribution in [2.24, 2.45) is 5.73 Å². The van der Waals surface area contributed by atoms with Gasteiger partial charge in [-0.2, -0.15) is 0 Å². The van der Waals surface area contributed by atoms with Crippen molar-refractivity contribution in [1.82, 2.24) is 0 Å². The molecule has 0 saturated carbocycles. The van der Waals surface area contributed by atoms with Crippen LogP contribution in [0, 0.1) is 10.1 Å². The lowest BCUT2D eigenvalue weighted by atomic mass is 10.1. The Labute approximate surface area is 110 Å². The Morgan fingerprint density at radius 1 is 1.58 bits per heavy atom. The van der Waals surface area contributed by atoms with Crippen LogP contribution in [0.3, 0.4) is 0 Å². The van der Waals surface area contributed by atoms with Crippen molar-refractivity contribution in [1.29, 1.82) is 0 Å². The highest BCUT2D eigenvalue weighted by atomic mass is 16.6. The maximum absolute atomic E-state index is 11.7. The molecule has 0 unspecified atom stereocenters. The van der Waals surface area contributed by atoms with Gasteiger partial charge >= 0.3 is 5.69 Å². The lowest BCUT2D eigenvalue weighted by Crippen LogP contribution is -2.35. The van der Waals surface area contributed by atoms with E-state index < -0.39 is 11.0 Å². The largest absolute Gasteiger partial charge is 0.490 e. The lowest BCUT2D eigenvalue weighted by Gasteiger charge is -2.11. The molecule has 19 heavy (non-hydrogen) atoms. The molecule has 0 saturated heterocycles. The number of carbonyl (C=O) groups excluding carboxylic acids is 1. The summed E-state index contributed by atoms with van der Waals surface area (Å²) in [6, 6.07) is 3.59. The first kappa shape index (κ1) is 14.9. The molecule has 1 amide bonds. The number of nitro benzene ring substituents is 1. The van der Waals surface area contributed by atoms with E-state index in [2.05, 4.69) is 5.32 Å². The molecule has 0 heterocycles. The quantitative estimate of drug-likeness (QED) is 0.602. The number of nitrogens with zero attached hydrogens (tertiary/aromatic N) is 1. The minimum atomic E-state index is -0.619. The number of hydrogen-bond donors (Lipinski definition) is 2. The summed E-state index contributed by atoms with van der Waals surface area (Å²) < 4.78 is 4.87. The van der Waals surface area contributed by atoms with Gasteiger partial charge in [0, 0.05) is 11.8 Å². The van der Waals surface area contributed by atoms with E-state index >= 15 is 0 Å². The summed E-state index contributed by atoms with van der Waals surface area (Å²) in [6.07, 6.45) is 1.35. The number of benzene rings is 1. The SMILES string of the molecule is CCC[C@@H](N)C(=O)Nc1ccc(OC)c([N+](=O)[O-])c1. The van der Waals surface area contributed by atoms with Crippen molar-refractivity contribution in [2.75, 3.05) is 12.4 Å². The normalized spacial score (nSPS) is 11.7. The summed E-state index contributed by atoms with van der Waals surface area (Å²) in [5.41, 5.74) is 5.78. The Hall–Kier alpha value is -2.15. The van der Waals surface area contributed by atoms with E-state index in [4.69, 9.17) is 10.5 Å². The molecule has 1 aromatic carbocycles. The molecule has 0 aromatic heterocycles. The molecule has 0 spiro atoms. The second kappa shape index (κ2) is 6.69. The Morgan fingerprint density at radius 3 is 2.79 bits per heavy atom. The second-order valence-electron chi connectivity index (χ2n) is 4.03. The molecule has 7 nitrogen and oxygen atoms in total. The third-order valence-electron chi connectivity index (χ3n) is 2.58. The number of rotatable bonds is 6. The first-order valence-corrected chi connectivity index (χ1v) is 5.88. The van der Waals surface area contributed by atoms with Gasteiger partial charge in [0.15, 0.2) is 5.75 Å². The number of nitrogens with one attached hydrogen (secondary N) is 1. The van der Waals surface area contributed by atoms with E-state index in [1.807, 2.05) is 6.92 Å². The first-order chi connectivity index (χ1) is 8.99. The number of amides is 1. The standard InChI is InChI=1S/C12H17N3O4/c1-3-4-9(13)12(16)14-8-5-6-11(19-2)10(7-8)15(17)18/h5-7,9H,3-4,13H2,1-2H3,(H,14,16)/t9-/m1/s1. The molecule has 1 rings (SSSR count). The van der Waals surface area contributed by atoms with Crippen molar-refractivity contribution >= 4 is 17.3 Å². The molecule has 0 fully saturated rings. The first-order valence-electron chi connectivity index (χ1n) is 5.88. The van der Waals surface area contributed by atoms with E-state index in [0.29, 0.717) is 12.1 Å². The predicted octanol–water partition coefficient (Wildman–Crippen LogP) is 1.67. The van der Waals surface area contributed by atoms with E-state index in [9.17, 15) is 14.9 Å². The van der Waals surface area contributed by atoms with Gasteiger partial charge in [0.2, 0.25) is 5.91 Å². The summed E-state index contributed by atoms with van der Waals surface area (Å²) in [5, 5.41) is 13.4. The monoisotopic (exact) mass is 267 g/mol. The van der Waals surface area contributed by atoms with Crippen LogP contribution in [-0.2, 0) is 4.79 Å². The van der Waals surface area contributed by atoms with Crippen molar-refractivity contribution in [2.45, 2.75) is 25.8 Å². The van der Waals surface area contributed by atoms with E-state index in [1.54, 1.807) is 0 Å². The van der Waals surface area contributed by atoms with Crippen molar-refractivity contribution in [3.05, 3.63) is 28.3 Å². The molecule has 0 aliphatic heterocycles. The molecule has 104 valence electrons. The zero-order chi connectivity index (χ0) is 14.4. The van der Waals surface area contributed by atoms with Crippen molar-refractivity contribution in [3.8, 4) is 5.75 Å². The van der Waals surface area contributed by atoms with E-state index in [-0.39, 0.29) is 17.3 Å². The van der Waals surface area contributed by atoms with Gasteiger partial charge in [0.1, 0.15) is 0 Å². The topological polar surface area (TPSA) is 107 Å². The van der Waals surface area contributed by atoms with Gasteiger partial charge in [-0.15, -0.1) is 0 Å². The van der Waals surface area contributed by atoms with E-state index in [0.717, 1.165) is 6.42 Å². The van der Waals surface area contributed by atoms with Gasteiger partial charge in [-0.3, -0.25) is 14.9 Å². The van der Waals surface area contributed by atoms with Crippen LogP contribution < -0.4 is 15.8 Å². The number of nitro groups is 1. The maximum Gasteiger partial charge on any atom is 0.312 e. The van der Waals surface area contributed by atoms with Crippen LogP contribution in [0.15, 0.2) is 18.2 Å². The zero-order valence-electron chi connectivity index (χ0n) is 10.9. The molecule has 0 aliphatic carbocycles. The fourth-order valence-electron chi connectivity index (χ4n) is 1.59. The number of anilines is 1. The van der Waals surface area contributed by atoms with Crippen molar-refractivity contribution in [3.63, 3.8) is 0 Å². The molecule has 1 atom stereocenters.